The van der Waals surface area contributed by atoms with Gasteiger partial charge in [0.1, 0.15) is 11.9 Å². The summed E-state index contributed by atoms with van der Waals surface area (Å²) >= 11 is 0.800. The minimum absolute atomic E-state index is 0.0145. The lowest BCUT2D eigenvalue weighted by Crippen LogP contribution is -2.08. The van der Waals surface area contributed by atoms with Gasteiger partial charge in [0, 0.05) is 19.0 Å². The summed E-state index contributed by atoms with van der Waals surface area (Å²) in [6.07, 6.45) is -5.84. The highest BCUT2D eigenvalue weighted by Gasteiger charge is 2.41. The number of sulfone groups is 1. The highest BCUT2D eigenvalue weighted by atomic mass is 32.2. The van der Waals surface area contributed by atoms with E-state index in [1.165, 1.54) is 18.5 Å². The van der Waals surface area contributed by atoms with Gasteiger partial charge in [-0.2, -0.15) is 13.2 Å². The molecule has 0 fully saturated rings. The zero-order chi connectivity index (χ0) is 21.3. The molecule has 3 heterocycles. The Morgan fingerprint density at radius 1 is 1.31 bits per heavy atom. The third-order valence-electron chi connectivity index (χ3n) is 4.78. The van der Waals surface area contributed by atoms with E-state index in [2.05, 4.69) is 9.97 Å². The van der Waals surface area contributed by atoms with E-state index in [1.54, 1.807) is 0 Å². The summed E-state index contributed by atoms with van der Waals surface area (Å²) in [7, 11) is -2.44. The van der Waals surface area contributed by atoms with Gasteiger partial charge in [-0.05, 0) is 6.07 Å². The fourth-order valence-electron chi connectivity index (χ4n) is 3.33. The van der Waals surface area contributed by atoms with Gasteiger partial charge in [0.15, 0.2) is 21.4 Å². The van der Waals surface area contributed by atoms with Crippen molar-refractivity contribution in [3.63, 3.8) is 0 Å². The van der Waals surface area contributed by atoms with Crippen LogP contribution in [0.4, 0.5) is 17.6 Å². The predicted octanol–water partition coefficient (Wildman–Crippen LogP) is 4.11. The number of hydrogen-bond donors (Lipinski definition) is 0. The van der Waals surface area contributed by atoms with E-state index >= 15 is 0 Å². The van der Waals surface area contributed by atoms with E-state index in [9.17, 15) is 30.8 Å². The second-order valence-electron chi connectivity index (χ2n) is 6.55. The molecule has 0 spiro atoms. The van der Waals surface area contributed by atoms with E-state index < -0.39 is 40.1 Å². The fraction of sp³-hybridized carbons (Fsp3) is 0.353. The summed E-state index contributed by atoms with van der Waals surface area (Å²) in [6.45, 7) is 1.39. The first-order valence-corrected chi connectivity index (χ1v) is 10.9. The second-order valence-corrected chi connectivity index (χ2v) is 9.79. The van der Waals surface area contributed by atoms with Crippen molar-refractivity contribution in [1.82, 2.24) is 14.5 Å². The van der Waals surface area contributed by atoms with Gasteiger partial charge in [-0.1, -0.05) is 6.92 Å². The Balaban J connectivity index is 2.02. The molecule has 0 bridgehead atoms. The summed E-state index contributed by atoms with van der Waals surface area (Å²) in [4.78, 5) is 19.4. The maximum atomic E-state index is 14.5. The van der Waals surface area contributed by atoms with Gasteiger partial charge < -0.3 is 4.57 Å². The first-order valence-electron chi connectivity index (χ1n) is 8.42. The molecule has 0 saturated carbocycles. The second kappa shape index (κ2) is 6.33. The fourth-order valence-corrected chi connectivity index (χ4v) is 6.34. The molecule has 0 aromatic carbocycles. The van der Waals surface area contributed by atoms with E-state index in [-0.39, 0.29) is 42.8 Å². The number of aryl methyl sites for hydroxylation is 1. The number of carbonyl (C=O) groups excluding carboxylic acids is 1. The third-order valence-corrected chi connectivity index (χ3v) is 7.96. The molecule has 1 atom stereocenters. The maximum absolute atomic E-state index is 14.5. The van der Waals surface area contributed by atoms with Crippen LogP contribution >= 0.6 is 11.3 Å². The van der Waals surface area contributed by atoms with Crippen LogP contribution in [0.5, 0.6) is 0 Å². The molecule has 12 heteroatoms. The Morgan fingerprint density at radius 2 is 2.00 bits per heavy atom. The summed E-state index contributed by atoms with van der Waals surface area (Å²) < 4.78 is 80.1. The average molecular weight is 447 g/mol. The number of imidazole rings is 1. The van der Waals surface area contributed by atoms with Crippen molar-refractivity contribution in [1.29, 1.82) is 0 Å². The number of thiophene rings is 1. The SMILES string of the molecule is CCS(=O)(=O)c1c(-c2nc3cc(C(F)(F)F)ncc3n2C)sc2c1C(F)CC2=O. The number of hydrogen-bond acceptors (Lipinski definition) is 6. The molecule has 0 amide bonds. The average Bonchev–Trinajstić information content (AvgIpc) is 3.27. The Labute approximate surface area is 166 Å². The zero-order valence-electron chi connectivity index (χ0n) is 15.0. The van der Waals surface area contributed by atoms with Crippen LogP contribution in [0.25, 0.3) is 21.7 Å². The Kier molecular flexibility index (Phi) is 4.35. The Bertz CT molecular complexity index is 1280. The quantitative estimate of drug-likeness (QED) is 0.565. The molecular weight excluding hydrogens is 434 g/mol. The molecule has 6 nitrogen and oxygen atoms in total. The number of aromatic nitrogens is 3. The minimum atomic E-state index is -4.67. The van der Waals surface area contributed by atoms with Crippen molar-refractivity contribution in [2.45, 2.75) is 30.6 Å². The van der Waals surface area contributed by atoms with Crippen molar-refractivity contribution >= 4 is 38.0 Å². The highest BCUT2D eigenvalue weighted by Crippen LogP contribution is 2.49. The number of ketones is 1. The Morgan fingerprint density at radius 3 is 2.62 bits per heavy atom. The molecule has 0 radical (unpaired) electrons. The summed E-state index contributed by atoms with van der Waals surface area (Å²) in [5.41, 5.74) is -1.10. The number of Topliss-reactive ketones (excluding diaryl/α,β-unsaturated/α-hetero) is 1. The maximum Gasteiger partial charge on any atom is 0.433 e. The number of halogens is 4. The lowest BCUT2D eigenvalue weighted by Gasteiger charge is -2.08. The number of carbonyl (C=O) groups is 1. The van der Waals surface area contributed by atoms with Crippen molar-refractivity contribution in [3.8, 4) is 10.7 Å². The van der Waals surface area contributed by atoms with E-state index in [0.29, 0.717) is 0 Å². The lowest BCUT2D eigenvalue weighted by atomic mass is 10.2. The number of pyridine rings is 1. The van der Waals surface area contributed by atoms with E-state index in [1.807, 2.05) is 0 Å². The zero-order valence-corrected chi connectivity index (χ0v) is 16.7. The van der Waals surface area contributed by atoms with Crippen LogP contribution in [0.1, 0.15) is 40.4 Å². The van der Waals surface area contributed by atoms with Crippen LogP contribution < -0.4 is 0 Å². The molecule has 154 valence electrons. The molecule has 1 unspecified atom stereocenters. The lowest BCUT2D eigenvalue weighted by molar-refractivity contribution is -0.141. The Hall–Kier alpha value is -2.34. The standard InChI is InChI=1S/C17H13F4N3O3S2/c1-3-29(26,27)15-12-7(18)4-10(25)13(12)28-14(15)16-23-8-5-11(17(19,20)21)22-6-9(8)24(16)2/h5-7H,3-4H2,1-2H3. The van der Waals surface area contributed by atoms with Gasteiger partial charge in [-0.25, -0.2) is 22.8 Å². The first-order chi connectivity index (χ1) is 13.5. The van der Waals surface area contributed by atoms with Gasteiger partial charge in [0.2, 0.25) is 0 Å². The van der Waals surface area contributed by atoms with E-state index in [0.717, 1.165) is 23.6 Å². The molecular formula is C17H13F4N3O3S2. The van der Waals surface area contributed by atoms with Crippen LogP contribution in [-0.4, -0.2) is 34.5 Å². The number of fused-ring (bicyclic) bond motifs is 2. The van der Waals surface area contributed by atoms with Gasteiger partial charge in [-0.3, -0.25) is 4.79 Å². The smallest absolute Gasteiger partial charge is 0.325 e. The molecule has 4 rings (SSSR count). The van der Waals surface area contributed by atoms with Gasteiger partial charge in [0.05, 0.1) is 37.6 Å². The molecule has 0 N–H and O–H groups in total. The summed E-state index contributed by atoms with van der Waals surface area (Å²) in [5, 5.41) is 0. The van der Waals surface area contributed by atoms with Crippen molar-refractivity contribution in [3.05, 3.63) is 28.4 Å². The van der Waals surface area contributed by atoms with Crippen molar-refractivity contribution in [2.75, 3.05) is 5.75 Å². The molecule has 0 aliphatic heterocycles. The molecule has 3 aromatic rings. The topological polar surface area (TPSA) is 81.9 Å². The normalized spacial score (nSPS) is 17.3. The summed E-state index contributed by atoms with van der Waals surface area (Å²) in [5.74, 6) is -0.794. The molecule has 0 saturated heterocycles. The predicted molar refractivity (Wildman–Crippen MR) is 97.3 cm³/mol. The van der Waals surface area contributed by atoms with Crippen LogP contribution in [0.2, 0.25) is 0 Å². The van der Waals surface area contributed by atoms with Gasteiger partial charge in [-0.15, -0.1) is 11.3 Å². The molecule has 29 heavy (non-hydrogen) atoms. The number of alkyl halides is 4. The van der Waals surface area contributed by atoms with Crippen LogP contribution in [0, 0.1) is 0 Å². The van der Waals surface area contributed by atoms with Gasteiger partial charge in [0.25, 0.3) is 0 Å². The molecule has 3 aromatic heterocycles. The van der Waals surface area contributed by atoms with Gasteiger partial charge >= 0.3 is 6.18 Å². The van der Waals surface area contributed by atoms with Crippen LogP contribution in [0.15, 0.2) is 17.2 Å². The van der Waals surface area contributed by atoms with Crippen molar-refractivity contribution < 1.29 is 30.8 Å². The molecule has 1 aliphatic rings. The number of rotatable bonds is 3. The third kappa shape index (κ3) is 2.96. The van der Waals surface area contributed by atoms with Crippen LogP contribution in [-0.2, 0) is 23.1 Å². The minimum Gasteiger partial charge on any atom is -0.325 e. The highest BCUT2D eigenvalue weighted by molar-refractivity contribution is 7.91. The van der Waals surface area contributed by atoms with Crippen molar-refractivity contribution in [2.24, 2.45) is 7.05 Å². The van der Waals surface area contributed by atoms with E-state index in [4.69, 9.17) is 0 Å². The molecule has 1 aliphatic carbocycles. The van der Waals surface area contributed by atoms with Crippen LogP contribution in [0.3, 0.4) is 0 Å². The largest absolute Gasteiger partial charge is 0.433 e. The summed E-state index contributed by atoms with van der Waals surface area (Å²) in [6, 6.07) is 0.761. The first kappa shape index (κ1) is 20.0. The monoisotopic (exact) mass is 447 g/mol. The number of nitrogens with zero attached hydrogens (tertiary/aromatic N) is 3.